The van der Waals surface area contributed by atoms with E-state index in [1.54, 1.807) is 0 Å². The molecule has 0 aliphatic rings. The van der Waals surface area contributed by atoms with Gasteiger partial charge in [-0.15, -0.1) is 0 Å². The number of rotatable bonds is 9. The van der Waals surface area contributed by atoms with E-state index in [4.69, 9.17) is 4.43 Å². The van der Waals surface area contributed by atoms with Crippen molar-refractivity contribution in [3.05, 3.63) is 74.7 Å². The van der Waals surface area contributed by atoms with Gasteiger partial charge in [0.15, 0.2) is 0 Å². The molecule has 163 valence electrons. The lowest BCUT2D eigenvalue weighted by Gasteiger charge is -2.16. The number of halogens is 2. The summed E-state index contributed by atoms with van der Waals surface area (Å²) in [7, 11) is -0.826. The van der Waals surface area contributed by atoms with Crippen LogP contribution < -0.4 is 4.43 Å². The zero-order valence-corrected chi connectivity index (χ0v) is 23.1. The Morgan fingerprint density at radius 3 is 2.00 bits per heavy atom. The average molecular weight is 559 g/mol. The molecule has 0 N–H and O–H groups in total. The van der Waals surface area contributed by atoms with Gasteiger partial charge >= 0.3 is 0 Å². The Kier molecular flexibility index (Phi) is 9.00. The van der Waals surface area contributed by atoms with Gasteiger partial charge in [0.2, 0.25) is 0 Å². The van der Waals surface area contributed by atoms with Crippen molar-refractivity contribution >= 4 is 40.9 Å². The normalized spacial score (nSPS) is 11.2. The molecule has 3 aromatic rings. The molecule has 3 rings (SSSR count). The van der Waals surface area contributed by atoms with E-state index in [0.29, 0.717) is 0 Å². The van der Waals surface area contributed by atoms with Crippen LogP contribution in [0, 0.1) is 0 Å². The molecule has 0 aromatic heterocycles. The van der Waals surface area contributed by atoms with E-state index < -0.39 is 9.04 Å². The third-order valence-corrected chi connectivity index (χ3v) is 7.25. The zero-order valence-electron chi connectivity index (χ0n) is 18.9. The van der Waals surface area contributed by atoms with E-state index in [9.17, 15) is 0 Å². The predicted octanol–water partition coefficient (Wildman–Crippen LogP) is 9.47. The molecule has 0 unspecified atom stereocenters. The highest BCUT2D eigenvalue weighted by Gasteiger charge is 2.14. The maximum atomic E-state index is 6.05. The van der Waals surface area contributed by atoms with E-state index >= 15 is 0 Å². The van der Waals surface area contributed by atoms with Gasteiger partial charge in [0, 0.05) is 0 Å². The van der Waals surface area contributed by atoms with Crippen LogP contribution in [0.25, 0.3) is 22.3 Å². The van der Waals surface area contributed by atoms with Crippen molar-refractivity contribution < 1.29 is 4.43 Å². The number of benzene rings is 3. The van der Waals surface area contributed by atoms with Crippen molar-refractivity contribution in [2.45, 2.75) is 59.0 Å². The van der Waals surface area contributed by atoms with Crippen molar-refractivity contribution in [2.75, 3.05) is 0 Å². The molecule has 3 aromatic carbocycles. The van der Waals surface area contributed by atoms with Crippen molar-refractivity contribution in [3.8, 4) is 28.0 Å². The number of aryl methyl sites for hydroxylation is 2. The van der Waals surface area contributed by atoms with Crippen molar-refractivity contribution in [1.29, 1.82) is 0 Å². The molecule has 0 aliphatic carbocycles. The highest BCUT2D eigenvalue weighted by molar-refractivity contribution is 9.11. The third-order valence-electron chi connectivity index (χ3n) is 5.46. The van der Waals surface area contributed by atoms with Gasteiger partial charge in [-0.05, 0) is 110 Å². The van der Waals surface area contributed by atoms with E-state index in [2.05, 4.69) is 113 Å². The first-order chi connectivity index (χ1) is 14.9. The predicted molar refractivity (Wildman–Crippen MR) is 143 cm³/mol. The Morgan fingerprint density at radius 1 is 0.774 bits per heavy atom. The lowest BCUT2D eigenvalue weighted by molar-refractivity contribution is 0.573. The minimum atomic E-state index is -0.826. The Balaban J connectivity index is 1.88. The second-order valence-electron chi connectivity index (χ2n) is 8.16. The Labute approximate surface area is 206 Å². The molecule has 0 amide bonds. The summed E-state index contributed by atoms with van der Waals surface area (Å²) < 4.78 is 8.04. The SMILES string of the molecule is CCCCCc1ccc(-c2ccc(-c3cc(Br)c(O[Si](C)C)c(Br)c3)c(CC)c2)cc1. The quantitative estimate of drug-likeness (QED) is 0.187. The molecule has 0 heterocycles. The largest absolute Gasteiger partial charge is 0.541 e. The highest BCUT2D eigenvalue weighted by Crippen LogP contribution is 2.40. The summed E-state index contributed by atoms with van der Waals surface area (Å²) in [5, 5.41) is 0. The molecule has 0 aliphatic heterocycles. The van der Waals surface area contributed by atoms with Gasteiger partial charge in [0.25, 0.3) is 9.04 Å². The van der Waals surface area contributed by atoms with E-state index in [1.807, 2.05) is 0 Å². The first kappa shape index (κ1) is 24.3. The van der Waals surface area contributed by atoms with Crippen LogP contribution in [0.5, 0.6) is 5.75 Å². The molecule has 1 nitrogen and oxygen atoms in total. The number of unbranched alkanes of at least 4 members (excludes halogenated alkanes) is 2. The molecule has 4 heteroatoms. The van der Waals surface area contributed by atoms with Crippen molar-refractivity contribution in [3.63, 3.8) is 0 Å². The maximum Gasteiger partial charge on any atom is 0.274 e. The molecular weight excluding hydrogens is 528 g/mol. The van der Waals surface area contributed by atoms with Gasteiger partial charge in [-0.25, -0.2) is 0 Å². The van der Waals surface area contributed by atoms with E-state index in [0.717, 1.165) is 21.1 Å². The summed E-state index contributed by atoms with van der Waals surface area (Å²) in [6.45, 7) is 8.76. The fourth-order valence-corrected chi connectivity index (χ4v) is 6.08. The van der Waals surface area contributed by atoms with Gasteiger partial charge < -0.3 is 4.43 Å². The number of hydrogen-bond donors (Lipinski definition) is 0. The van der Waals surface area contributed by atoms with Crippen LogP contribution >= 0.6 is 31.9 Å². The van der Waals surface area contributed by atoms with Gasteiger partial charge in [-0.2, -0.15) is 0 Å². The fraction of sp³-hybridized carbons (Fsp3) is 0.333. The van der Waals surface area contributed by atoms with Gasteiger partial charge in [0.05, 0.1) is 8.95 Å². The summed E-state index contributed by atoms with van der Waals surface area (Å²) in [6.07, 6.45) is 6.02. The lowest BCUT2D eigenvalue weighted by Crippen LogP contribution is -2.12. The summed E-state index contributed by atoms with van der Waals surface area (Å²) in [6, 6.07) is 20.3. The highest BCUT2D eigenvalue weighted by atomic mass is 79.9. The van der Waals surface area contributed by atoms with Crippen LogP contribution in [0.4, 0.5) is 0 Å². The van der Waals surface area contributed by atoms with Crippen LogP contribution in [-0.2, 0) is 12.8 Å². The first-order valence-electron chi connectivity index (χ1n) is 11.1. The summed E-state index contributed by atoms with van der Waals surface area (Å²) in [5.41, 5.74) is 7.82. The van der Waals surface area contributed by atoms with Crippen LogP contribution in [0.15, 0.2) is 63.5 Å². The molecule has 0 atom stereocenters. The maximum absolute atomic E-state index is 6.05. The Bertz CT molecular complexity index is 989. The minimum Gasteiger partial charge on any atom is -0.541 e. The summed E-state index contributed by atoms with van der Waals surface area (Å²) >= 11 is 7.42. The monoisotopic (exact) mass is 557 g/mol. The smallest absolute Gasteiger partial charge is 0.274 e. The standard InChI is InChI=1S/C27H31Br2OSi/c1-5-7-8-9-19-10-12-21(13-11-19)22-14-15-24(20(6-2)16-22)23-17-25(28)27(26(29)18-23)30-31(3)4/h10-18H,5-9H2,1-4H3. The molecule has 0 spiro atoms. The van der Waals surface area contributed by atoms with Crippen LogP contribution in [-0.4, -0.2) is 9.04 Å². The fourth-order valence-electron chi connectivity index (χ4n) is 3.81. The molecular formula is C27H31Br2OSi. The molecule has 31 heavy (non-hydrogen) atoms. The molecule has 0 fully saturated rings. The van der Waals surface area contributed by atoms with E-state index in [-0.39, 0.29) is 0 Å². The van der Waals surface area contributed by atoms with Crippen molar-refractivity contribution in [2.24, 2.45) is 0 Å². The second kappa shape index (κ2) is 11.5. The number of hydrogen-bond acceptors (Lipinski definition) is 1. The third kappa shape index (κ3) is 6.33. The second-order valence-corrected chi connectivity index (χ2v) is 11.9. The van der Waals surface area contributed by atoms with Gasteiger partial charge in [-0.1, -0.05) is 69.2 Å². The van der Waals surface area contributed by atoms with Crippen LogP contribution in [0.3, 0.4) is 0 Å². The Morgan fingerprint density at radius 2 is 1.42 bits per heavy atom. The summed E-state index contributed by atoms with van der Waals surface area (Å²) in [4.78, 5) is 0. The molecule has 1 radical (unpaired) electrons. The topological polar surface area (TPSA) is 9.23 Å². The van der Waals surface area contributed by atoms with Gasteiger partial charge in [0.1, 0.15) is 5.75 Å². The molecule has 0 saturated heterocycles. The Hall–Kier alpha value is -1.36. The molecule has 0 bridgehead atoms. The lowest BCUT2D eigenvalue weighted by atomic mass is 9.93. The van der Waals surface area contributed by atoms with Crippen molar-refractivity contribution in [1.82, 2.24) is 0 Å². The average Bonchev–Trinajstić information content (AvgIpc) is 2.76. The zero-order chi connectivity index (χ0) is 22.4. The van der Waals surface area contributed by atoms with Gasteiger partial charge in [-0.3, -0.25) is 0 Å². The minimum absolute atomic E-state index is 0.826. The van der Waals surface area contributed by atoms with E-state index in [1.165, 1.54) is 59.1 Å². The first-order valence-corrected chi connectivity index (χ1v) is 15.1. The molecule has 0 saturated carbocycles. The summed E-state index contributed by atoms with van der Waals surface area (Å²) in [5.74, 6) is 0.899. The van der Waals surface area contributed by atoms with Crippen LogP contribution in [0.1, 0.15) is 44.2 Å². The van der Waals surface area contributed by atoms with Crippen LogP contribution in [0.2, 0.25) is 13.1 Å².